The van der Waals surface area contributed by atoms with Crippen LogP contribution >= 0.6 is 0 Å². The number of ether oxygens (including phenoxy) is 2. The van der Waals surface area contributed by atoms with Crippen LogP contribution < -0.4 is 43.3 Å². The number of carbonyl (C=O) groups excluding carboxylic acids is 5. The van der Waals surface area contributed by atoms with Gasteiger partial charge in [-0.25, -0.2) is 14.0 Å². The van der Waals surface area contributed by atoms with Crippen molar-refractivity contribution in [1.82, 2.24) is 36.1 Å². The highest BCUT2D eigenvalue weighted by molar-refractivity contribution is 5.97. The summed E-state index contributed by atoms with van der Waals surface area (Å²) in [6.07, 6.45) is -5.44. The van der Waals surface area contributed by atoms with Gasteiger partial charge in [0.15, 0.2) is 23.8 Å². The van der Waals surface area contributed by atoms with Crippen LogP contribution in [0.5, 0.6) is 0 Å². The number of nitrogens with two attached hydrogens (primary N) is 1. The zero-order valence-electron chi connectivity index (χ0n) is 29.4. The molecule has 0 aliphatic carbocycles. The van der Waals surface area contributed by atoms with E-state index in [1.54, 1.807) is 20.8 Å². The molecule has 1 saturated heterocycles. The fourth-order valence-electron chi connectivity index (χ4n) is 4.82. The molecule has 6 atom stereocenters. The molecule has 292 valence electrons. The first-order valence-corrected chi connectivity index (χ1v) is 16.4. The minimum Gasteiger partial charge on any atom is -0.444 e. The zero-order chi connectivity index (χ0) is 39.2. The molecule has 0 radical (unpaired) electrons. The first kappa shape index (κ1) is 43.2. The Morgan fingerprint density at radius 2 is 1.65 bits per heavy atom. The summed E-state index contributed by atoms with van der Waals surface area (Å²) >= 11 is 0. The second-order valence-electron chi connectivity index (χ2n) is 12.8. The highest BCUT2D eigenvalue weighted by Gasteiger charge is 2.44. The fraction of sp³-hybridized carbons (Fsp3) is 0.667. The number of halogens is 1. The third-order valence-corrected chi connectivity index (χ3v) is 7.30. The first-order chi connectivity index (χ1) is 24.3. The molecule has 5 amide bonds. The van der Waals surface area contributed by atoms with Gasteiger partial charge in [-0.1, -0.05) is 0 Å². The Bertz CT molecular complexity index is 1490. The van der Waals surface area contributed by atoms with Gasteiger partial charge in [0.25, 0.3) is 0 Å². The molecule has 2 rings (SSSR count). The van der Waals surface area contributed by atoms with E-state index in [1.807, 2.05) is 0 Å². The zero-order valence-corrected chi connectivity index (χ0v) is 29.4. The van der Waals surface area contributed by atoms with E-state index in [-0.39, 0.29) is 50.6 Å². The van der Waals surface area contributed by atoms with Crippen molar-refractivity contribution in [3.63, 3.8) is 0 Å². The lowest BCUT2D eigenvalue weighted by Gasteiger charge is -2.23. The lowest BCUT2D eigenvalue weighted by Crippen LogP contribution is -2.52. The van der Waals surface area contributed by atoms with Crippen molar-refractivity contribution in [3.05, 3.63) is 22.5 Å². The molecule has 12 N–H and O–H groups in total. The summed E-state index contributed by atoms with van der Waals surface area (Å²) in [4.78, 5) is 79.0. The van der Waals surface area contributed by atoms with E-state index in [2.05, 4.69) is 36.9 Å². The summed E-state index contributed by atoms with van der Waals surface area (Å²) in [5.41, 5.74) is 3.22. The predicted molar refractivity (Wildman–Crippen MR) is 180 cm³/mol. The van der Waals surface area contributed by atoms with Crippen LogP contribution in [0.3, 0.4) is 0 Å². The first-order valence-electron chi connectivity index (χ1n) is 16.4. The molecular weight excluding hydrogens is 695 g/mol. The van der Waals surface area contributed by atoms with Crippen LogP contribution in [0, 0.1) is 11.2 Å². The number of amides is 5. The number of nitrogens with one attached hydrogen (secondary N) is 7. The molecule has 0 bridgehead atoms. The molecule has 1 aliphatic rings. The number of hydrogen-bond donors (Lipinski definition) is 11. The number of alkyl carbamates (subject to hydrolysis) is 1. The topological polar surface area (TPSA) is 321 Å². The van der Waals surface area contributed by atoms with Crippen LogP contribution in [0.25, 0.3) is 0 Å². The molecule has 1 aromatic heterocycles. The molecule has 4 unspecified atom stereocenters. The highest BCUT2D eigenvalue weighted by atomic mass is 19.1. The van der Waals surface area contributed by atoms with E-state index < -0.39 is 96.5 Å². The maximum atomic E-state index is 15.1. The molecule has 2 heterocycles. The van der Waals surface area contributed by atoms with Crippen molar-refractivity contribution in [3.8, 4) is 0 Å². The van der Waals surface area contributed by atoms with E-state index in [0.717, 1.165) is 0 Å². The molecule has 1 fully saturated rings. The Labute approximate surface area is 298 Å². The summed E-state index contributed by atoms with van der Waals surface area (Å²) in [6, 6.07) is -2.51. The second kappa shape index (κ2) is 20.2. The number of anilines is 1. The van der Waals surface area contributed by atoms with Crippen molar-refractivity contribution in [2.45, 2.75) is 102 Å². The van der Waals surface area contributed by atoms with Gasteiger partial charge in [0.2, 0.25) is 23.6 Å². The number of aliphatic hydroxyl groups excluding tert-OH is 3. The van der Waals surface area contributed by atoms with Crippen LogP contribution in [0.15, 0.2) is 11.0 Å². The average molecular weight is 745 g/mol. The van der Waals surface area contributed by atoms with Gasteiger partial charge in [-0.3, -0.25) is 29.2 Å². The monoisotopic (exact) mass is 744 g/mol. The molecule has 0 aromatic carbocycles. The standard InChI is InChI=1S/C30H49FN10O11/c1-15(43)34-10-6-5-8-18(25(48)39-23-16(31)13-41(28(49)40-23)26-22(46)21(45)19(14-42)51-26)37-20(44)12-36-24(47)17(9-7-11-35-27(32)33)38-29(50)52-30(2,3)4/h13,17-19,21-22,26,42,45-46H,5-12,14H2,1-4H3,(H,34,43)(H,36,47)(H,37,44)(H,38,50)(H4,32,33,35)(H,39,40,48,49)/t17?,18?,19-,21?,22?,26-/m1/s1. The summed E-state index contributed by atoms with van der Waals surface area (Å²) in [5.74, 6) is -5.22. The Morgan fingerprint density at radius 1 is 1.02 bits per heavy atom. The van der Waals surface area contributed by atoms with Crippen molar-refractivity contribution < 1.29 is 53.2 Å². The molecule has 22 heteroatoms. The number of aliphatic hydroxyl groups is 3. The van der Waals surface area contributed by atoms with Crippen LogP contribution in [0.2, 0.25) is 0 Å². The lowest BCUT2D eigenvalue weighted by atomic mass is 10.1. The quantitative estimate of drug-likeness (QED) is 0.0406. The Balaban J connectivity index is 2.15. The Kier molecular flexibility index (Phi) is 16.8. The van der Waals surface area contributed by atoms with Crippen LogP contribution in [-0.2, 0) is 28.7 Å². The predicted octanol–water partition coefficient (Wildman–Crippen LogP) is -3.00. The van der Waals surface area contributed by atoms with E-state index in [9.17, 15) is 44.1 Å². The van der Waals surface area contributed by atoms with Gasteiger partial charge in [-0.15, -0.1) is 0 Å². The number of unbranched alkanes of at least 4 members (excludes halogenated alkanes) is 1. The summed E-state index contributed by atoms with van der Waals surface area (Å²) in [7, 11) is 0. The molecule has 52 heavy (non-hydrogen) atoms. The normalized spacial score (nSPS) is 19.5. The van der Waals surface area contributed by atoms with Crippen LogP contribution in [0.4, 0.5) is 15.0 Å². The van der Waals surface area contributed by atoms with Gasteiger partial charge in [0.05, 0.1) is 19.3 Å². The largest absolute Gasteiger partial charge is 0.444 e. The van der Waals surface area contributed by atoms with Crippen molar-refractivity contribution in [2.24, 2.45) is 5.73 Å². The average Bonchev–Trinajstić information content (AvgIpc) is 3.33. The van der Waals surface area contributed by atoms with E-state index >= 15 is 4.39 Å². The van der Waals surface area contributed by atoms with E-state index in [4.69, 9.17) is 20.6 Å². The van der Waals surface area contributed by atoms with E-state index in [1.165, 1.54) is 6.92 Å². The molecule has 1 aromatic rings. The molecule has 1 aliphatic heterocycles. The third kappa shape index (κ3) is 14.4. The Hall–Kier alpha value is -4.93. The lowest BCUT2D eigenvalue weighted by molar-refractivity contribution is -0.129. The van der Waals surface area contributed by atoms with Gasteiger partial charge in [-0.2, -0.15) is 4.98 Å². The van der Waals surface area contributed by atoms with E-state index in [0.29, 0.717) is 17.2 Å². The maximum Gasteiger partial charge on any atom is 0.408 e. The SMILES string of the molecule is CC(=O)NCCCCC(NC(=O)CNC(=O)C(CCCNC(=N)N)NC(=O)OC(C)(C)C)C(=O)Nc1nc(=O)n([C@@H]2O[C@H](CO)C(O)C2O)cc1F. The minimum absolute atomic E-state index is 0.0295. The minimum atomic E-state index is -1.71. The van der Waals surface area contributed by atoms with Gasteiger partial charge in [-0.05, 0) is 52.9 Å². The van der Waals surface area contributed by atoms with Gasteiger partial charge in [0, 0.05) is 20.0 Å². The molecule has 21 nitrogen and oxygen atoms in total. The van der Waals surface area contributed by atoms with Crippen molar-refractivity contribution in [2.75, 3.05) is 31.6 Å². The van der Waals surface area contributed by atoms with Gasteiger partial charge < -0.3 is 62.4 Å². The van der Waals surface area contributed by atoms with Gasteiger partial charge >= 0.3 is 11.8 Å². The number of rotatable bonds is 18. The summed E-state index contributed by atoms with van der Waals surface area (Å²) in [6.45, 7) is 5.33. The molecular formula is C30H49FN10O11. The van der Waals surface area contributed by atoms with Crippen LogP contribution in [-0.4, -0.2) is 123 Å². The fourth-order valence-corrected chi connectivity index (χ4v) is 4.82. The number of aromatic nitrogens is 2. The molecule has 0 spiro atoms. The third-order valence-electron chi connectivity index (χ3n) is 7.30. The summed E-state index contributed by atoms with van der Waals surface area (Å²) in [5, 5.41) is 51.3. The summed E-state index contributed by atoms with van der Waals surface area (Å²) < 4.78 is 26.1. The highest BCUT2D eigenvalue weighted by Crippen LogP contribution is 2.28. The van der Waals surface area contributed by atoms with Crippen LogP contribution in [0.1, 0.15) is 66.0 Å². The smallest absolute Gasteiger partial charge is 0.408 e. The number of hydrogen-bond acceptors (Lipinski definition) is 13. The number of nitrogens with zero attached hydrogens (tertiary/aromatic N) is 2. The molecule has 0 saturated carbocycles. The Morgan fingerprint density at radius 3 is 2.25 bits per heavy atom. The van der Waals surface area contributed by atoms with Gasteiger partial charge in [0.1, 0.15) is 36.0 Å². The second-order valence-corrected chi connectivity index (χ2v) is 12.8. The number of carbonyl (C=O) groups is 5. The van der Waals surface area contributed by atoms with Crippen molar-refractivity contribution >= 4 is 41.5 Å². The number of guanidine groups is 1. The van der Waals surface area contributed by atoms with Crippen molar-refractivity contribution in [1.29, 1.82) is 5.41 Å². The maximum absolute atomic E-state index is 15.1.